The first kappa shape index (κ1) is 11.5. The lowest BCUT2D eigenvalue weighted by Crippen LogP contribution is -2.38. The molecule has 1 aliphatic rings. The summed E-state index contributed by atoms with van der Waals surface area (Å²) < 4.78 is 0. The summed E-state index contributed by atoms with van der Waals surface area (Å²) in [5.41, 5.74) is -0.120. The molecule has 1 aromatic heterocycles. The first-order valence-electron chi connectivity index (χ1n) is 4.59. The van der Waals surface area contributed by atoms with Gasteiger partial charge < -0.3 is 15.7 Å². The highest BCUT2D eigenvalue weighted by Crippen LogP contribution is 2.14. The van der Waals surface area contributed by atoms with Gasteiger partial charge in [-0.15, -0.1) is 0 Å². The highest BCUT2D eigenvalue weighted by Gasteiger charge is 2.28. The predicted octanol–water partition coefficient (Wildman–Crippen LogP) is -0.129. The van der Waals surface area contributed by atoms with Crippen LogP contribution in [-0.2, 0) is 4.79 Å². The standard InChI is InChI=1S/C8H8N4O4S/c13-6(4-2-17-8(16)9-4)10-5-1-3(7(14)15)11-12-5/h1,4H,2H2,(H,9,16)(H,14,15)(H2,10,11,12,13). The second kappa shape index (κ2) is 4.45. The van der Waals surface area contributed by atoms with Crippen LogP contribution in [0, 0.1) is 0 Å². The van der Waals surface area contributed by atoms with Crippen LogP contribution >= 0.6 is 11.8 Å². The number of rotatable bonds is 3. The second-order valence-corrected chi connectivity index (χ2v) is 4.25. The van der Waals surface area contributed by atoms with Crippen molar-refractivity contribution in [3.63, 3.8) is 0 Å². The Morgan fingerprint density at radius 3 is 2.88 bits per heavy atom. The van der Waals surface area contributed by atoms with Crippen LogP contribution in [-0.4, -0.2) is 44.2 Å². The summed E-state index contributed by atoms with van der Waals surface area (Å²) in [5.74, 6) is -1.13. The van der Waals surface area contributed by atoms with E-state index in [2.05, 4.69) is 20.8 Å². The number of thioether (sulfide) groups is 1. The summed E-state index contributed by atoms with van der Waals surface area (Å²) in [6.45, 7) is 0. The molecule has 0 bridgehead atoms. The Hall–Kier alpha value is -2.03. The van der Waals surface area contributed by atoms with E-state index in [1.165, 1.54) is 6.07 Å². The van der Waals surface area contributed by atoms with Crippen LogP contribution in [0.2, 0.25) is 0 Å². The van der Waals surface area contributed by atoms with E-state index in [1.807, 2.05) is 0 Å². The molecule has 17 heavy (non-hydrogen) atoms. The lowest BCUT2D eigenvalue weighted by molar-refractivity contribution is -0.117. The third-order valence-corrected chi connectivity index (χ3v) is 2.93. The predicted molar refractivity (Wildman–Crippen MR) is 59.0 cm³/mol. The van der Waals surface area contributed by atoms with Crippen LogP contribution < -0.4 is 10.6 Å². The molecular formula is C8H8N4O4S. The molecule has 8 nitrogen and oxygen atoms in total. The minimum atomic E-state index is -1.16. The van der Waals surface area contributed by atoms with Gasteiger partial charge in [0, 0.05) is 11.8 Å². The van der Waals surface area contributed by atoms with E-state index < -0.39 is 17.9 Å². The summed E-state index contributed by atoms with van der Waals surface area (Å²) >= 11 is 1.02. The van der Waals surface area contributed by atoms with Gasteiger partial charge in [0.05, 0.1) is 0 Å². The molecule has 1 fully saturated rings. The second-order valence-electron chi connectivity index (χ2n) is 3.26. The number of H-pyrrole nitrogens is 1. The molecule has 4 N–H and O–H groups in total. The number of aromatic amines is 1. The fraction of sp³-hybridized carbons (Fsp3) is 0.250. The topological polar surface area (TPSA) is 124 Å². The summed E-state index contributed by atoms with van der Waals surface area (Å²) in [5, 5.41) is 19.1. The summed E-state index contributed by atoms with van der Waals surface area (Å²) in [4.78, 5) is 33.0. The van der Waals surface area contributed by atoms with Crippen molar-refractivity contribution in [2.24, 2.45) is 0 Å². The number of nitrogens with one attached hydrogen (secondary N) is 3. The zero-order chi connectivity index (χ0) is 12.4. The van der Waals surface area contributed by atoms with Crippen molar-refractivity contribution >= 4 is 34.7 Å². The van der Waals surface area contributed by atoms with Crippen molar-refractivity contribution in [2.75, 3.05) is 11.1 Å². The third-order valence-electron chi connectivity index (χ3n) is 2.05. The van der Waals surface area contributed by atoms with E-state index in [-0.39, 0.29) is 16.8 Å². The van der Waals surface area contributed by atoms with Crippen LogP contribution in [0.1, 0.15) is 10.5 Å². The van der Waals surface area contributed by atoms with E-state index in [9.17, 15) is 14.4 Å². The lowest BCUT2D eigenvalue weighted by Gasteiger charge is -2.07. The fourth-order valence-corrected chi connectivity index (χ4v) is 2.01. The summed E-state index contributed by atoms with van der Waals surface area (Å²) in [6, 6.07) is 0.585. The van der Waals surface area contributed by atoms with Crippen molar-refractivity contribution in [3.8, 4) is 0 Å². The van der Waals surface area contributed by atoms with Gasteiger partial charge in [-0.2, -0.15) is 5.10 Å². The molecule has 0 saturated carbocycles. The van der Waals surface area contributed by atoms with Gasteiger partial charge in [0.2, 0.25) is 5.91 Å². The van der Waals surface area contributed by atoms with Crippen LogP contribution in [0.15, 0.2) is 6.07 Å². The van der Waals surface area contributed by atoms with Gasteiger partial charge in [-0.05, 0) is 0 Å². The Balaban J connectivity index is 1.98. The Morgan fingerprint density at radius 2 is 2.35 bits per heavy atom. The van der Waals surface area contributed by atoms with E-state index >= 15 is 0 Å². The monoisotopic (exact) mass is 256 g/mol. The highest BCUT2D eigenvalue weighted by molar-refractivity contribution is 8.14. The van der Waals surface area contributed by atoms with Crippen LogP contribution in [0.25, 0.3) is 0 Å². The number of carbonyl (C=O) groups excluding carboxylic acids is 2. The molecule has 1 unspecified atom stereocenters. The van der Waals surface area contributed by atoms with Crippen molar-refractivity contribution in [1.82, 2.24) is 15.5 Å². The highest BCUT2D eigenvalue weighted by atomic mass is 32.2. The minimum Gasteiger partial charge on any atom is -0.477 e. The minimum absolute atomic E-state index is 0.110. The average Bonchev–Trinajstić information content (AvgIpc) is 2.86. The normalized spacial score (nSPS) is 18.8. The van der Waals surface area contributed by atoms with E-state index in [4.69, 9.17) is 5.11 Å². The maximum absolute atomic E-state index is 11.6. The molecule has 0 aromatic carbocycles. The smallest absolute Gasteiger partial charge is 0.353 e. The SMILES string of the molecule is O=C1NC(C(=O)Nc2cc(C(=O)O)[nH]n2)CS1. The number of nitrogens with zero attached hydrogens (tertiary/aromatic N) is 1. The number of hydrogen-bond acceptors (Lipinski definition) is 5. The number of aromatic carboxylic acids is 1. The van der Waals surface area contributed by atoms with E-state index in [0.717, 1.165) is 11.8 Å². The van der Waals surface area contributed by atoms with Crippen LogP contribution in [0.5, 0.6) is 0 Å². The zero-order valence-electron chi connectivity index (χ0n) is 8.39. The molecular weight excluding hydrogens is 248 g/mol. The van der Waals surface area contributed by atoms with Crippen molar-refractivity contribution in [3.05, 3.63) is 11.8 Å². The summed E-state index contributed by atoms with van der Waals surface area (Å²) in [7, 11) is 0. The number of carbonyl (C=O) groups is 3. The molecule has 9 heteroatoms. The van der Waals surface area contributed by atoms with Gasteiger partial charge in [-0.1, -0.05) is 11.8 Å². The van der Waals surface area contributed by atoms with Gasteiger partial charge in [-0.25, -0.2) is 4.79 Å². The van der Waals surface area contributed by atoms with Crippen molar-refractivity contribution in [1.29, 1.82) is 0 Å². The Labute approximate surface area is 99.1 Å². The number of carboxylic acids is 1. The molecule has 1 atom stereocenters. The molecule has 1 aliphatic heterocycles. The van der Waals surface area contributed by atoms with Crippen LogP contribution in [0.3, 0.4) is 0 Å². The van der Waals surface area contributed by atoms with Gasteiger partial charge >= 0.3 is 5.97 Å². The van der Waals surface area contributed by atoms with Crippen molar-refractivity contribution in [2.45, 2.75) is 6.04 Å². The first-order valence-corrected chi connectivity index (χ1v) is 5.57. The first-order chi connectivity index (χ1) is 8.06. The van der Waals surface area contributed by atoms with E-state index in [1.54, 1.807) is 0 Å². The number of amides is 2. The zero-order valence-corrected chi connectivity index (χ0v) is 9.21. The van der Waals surface area contributed by atoms with Gasteiger partial charge in [0.25, 0.3) is 5.24 Å². The Morgan fingerprint density at radius 1 is 1.59 bits per heavy atom. The molecule has 2 amide bonds. The Kier molecular flexibility index (Phi) is 3.00. The molecule has 90 valence electrons. The van der Waals surface area contributed by atoms with Gasteiger partial charge in [-0.3, -0.25) is 14.7 Å². The number of hydrogen-bond donors (Lipinski definition) is 4. The fourth-order valence-electron chi connectivity index (χ4n) is 1.23. The molecule has 0 spiro atoms. The number of carboxylic acid groups (broad SMARTS) is 1. The maximum atomic E-state index is 11.6. The van der Waals surface area contributed by atoms with Crippen molar-refractivity contribution < 1.29 is 19.5 Å². The lowest BCUT2D eigenvalue weighted by atomic mass is 10.3. The molecule has 1 aromatic rings. The quantitative estimate of drug-likeness (QED) is 0.597. The summed E-state index contributed by atoms with van der Waals surface area (Å²) in [6.07, 6.45) is 0. The third kappa shape index (κ3) is 2.56. The molecule has 0 radical (unpaired) electrons. The molecule has 1 saturated heterocycles. The largest absolute Gasteiger partial charge is 0.477 e. The number of aromatic nitrogens is 2. The Bertz CT molecular complexity index is 486. The van der Waals surface area contributed by atoms with Crippen LogP contribution in [0.4, 0.5) is 10.6 Å². The number of anilines is 1. The van der Waals surface area contributed by atoms with Gasteiger partial charge in [0.15, 0.2) is 5.82 Å². The van der Waals surface area contributed by atoms with E-state index in [0.29, 0.717) is 5.75 Å². The molecule has 0 aliphatic carbocycles. The molecule has 2 rings (SSSR count). The maximum Gasteiger partial charge on any atom is 0.353 e. The average molecular weight is 256 g/mol. The van der Waals surface area contributed by atoms with Gasteiger partial charge in [0.1, 0.15) is 11.7 Å². The molecule has 2 heterocycles.